The van der Waals surface area contributed by atoms with Crippen molar-refractivity contribution in [3.63, 3.8) is 0 Å². The van der Waals surface area contributed by atoms with Gasteiger partial charge in [0.15, 0.2) is 11.6 Å². The maximum Gasteiger partial charge on any atom is 0.165 e. The fraction of sp³-hybridized carbons (Fsp3) is 0.138. The van der Waals surface area contributed by atoms with E-state index in [4.69, 9.17) is 14.2 Å². The summed E-state index contributed by atoms with van der Waals surface area (Å²) in [4.78, 5) is 11.2. The lowest BCUT2D eigenvalue weighted by Crippen LogP contribution is -2.00. The molecule has 34 heavy (non-hydrogen) atoms. The average molecular weight is 457 g/mol. The molecule has 172 valence electrons. The molecule has 0 heterocycles. The molecule has 0 spiro atoms. The smallest absolute Gasteiger partial charge is 0.165 e. The highest BCUT2D eigenvalue weighted by Crippen LogP contribution is 2.31. The van der Waals surface area contributed by atoms with Crippen LogP contribution < -0.4 is 14.2 Å². The van der Waals surface area contributed by atoms with E-state index in [0.717, 1.165) is 11.1 Å². The summed E-state index contributed by atoms with van der Waals surface area (Å²) in [5, 5.41) is 0. The third-order valence-corrected chi connectivity index (χ3v) is 5.05. The Kier molecular flexibility index (Phi) is 7.56. The van der Waals surface area contributed by atoms with E-state index in [1.165, 1.54) is 13.0 Å². The number of aryl methyl sites for hydroxylation is 1. The van der Waals surface area contributed by atoms with E-state index in [0.29, 0.717) is 35.8 Å². The monoisotopic (exact) mass is 456 g/mol. The predicted molar refractivity (Wildman–Crippen MR) is 129 cm³/mol. The summed E-state index contributed by atoms with van der Waals surface area (Å²) < 4.78 is 32.3. The van der Waals surface area contributed by atoms with E-state index in [1.807, 2.05) is 72.8 Å². The molecule has 0 saturated heterocycles. The third kappa shape index (κ3) is 6.69. The van der Waals surface area contributed by atoms with E-state index >= 15 is 0 Å². The predicted octanol–water partition coefficient (Wildman–Crippen LogP) is 7.51. The first-order valence-electron chi connectivity index (χ1n) is 11.1. The maximum atomic E-state index is 14.6. The van der Waals surface area contributed by atoms with Crippen molar-refractivity contribution in [2.24, 2.45) is 0 Å². The Balaban J connectivity index is 1.52. The van der Waals surface area contributed by atoms with Gasteiger partial charge in [-0.25, -0.2) is 4.39 Å². The van der Waals surface area contributed by atoms with E-state index < -0.39 is 5.82 Å². The lowest BCUT2D eigenvalue weighted by molar-refractivity contribution is -0.116. The second-order valence-electron chi connectivity index (χ2n) is 7.90. The normalized spacial score (nSPS) is 10.5. The van der Waals surface area contributed by atoms with Crippen LogP contribution in [0.3, 0.4) is 0 Å². The molecule has 0 unspecified atom stereocenters. The molecule has 4 nitrogen and oxygen atoms in total. The van der Waals surface area contributed by atoms with E-state index in [9.17, 15) is 9.18 Å². The lowest BCUT2D eigenvalue weighted by Gasteiger charge is -2.13. The summed E-state index contributed by atoms with van der Waals surface area (Å²) in [6, 6.07) is 29.1. The zero-order chi connectivity index (χ0) is 23.8. The van der Waals surface area contributed by atoms with Crippen molar-refractivity contribution in [3.8, 4) is 28.7 Å². The number of benzene rings is 4. The first-order valence-corrected chi connectivity index (χ1v) is 11.1. The fourth-order valence-electron chi connectivity index (χ4n) is 3.38. The molecule has 4 aromatic rings. The van der Waals surface area contributed by atoms with Gasteiger partial charge in [-0.2, -0.15) is 0 Å². The Labute approximate surface area is 198 Å². The van der Waals surface area contributed by atoms with Crippen LogP contribution in [0.1, 0.15) is 24.5 Å². The number of carbonyl (C=O) groups excluding carboxylic acids is 1. The molecule has 0 amide bonds. The largest absolute Gasteiger partial charge is 0.486 e. The lowest BCUT2D eigenvalue weighted by atomic mass is 10.1. The maximum absolute atomic E-state index is 14.6. The SMILES string of the molecule is CC(=O)CCc1ccc(OCc2cc(Oc3ccccc3)cc(Oc3ccccc3)c2)c(F)c1. The highest BCUT2D eigenvalue weighted by Gasteiger charge is 2.10. The second-order valence-corrected chi connectivity index (χ2v) is 7.90. The molecular weight excluding hydrogens is 431 g/mol. The summed E-state index contributed by atoms with van der Waals surface area (Å²) >= 11 is 0. The molecule has 4 aromatic carbocycles. The van der Waals surface area contributed by atoms with Crippen molar-refractivity contribution in [2.45, 2.75) is 26.4 Å². The van der Waals surface area contributed by atoms with Gasteiger partial charge < -0.3 is 19.0 Å². The summed E-state index contributed by atoms with van der Waals surface area (Å²) in [6.45, 7) is 1.65. The van der Waals surface area contributed by atoms with Gasteiger partial charge in [0.05, 0.1) is 0 Å². The molecular formula is C29H25FO4. The standard InChI is InChI=1S/C29H25FO4/c1-21(31)12-13-22-14-15-29(28(30)18-22)32-20-23-16-26(33-24-8-4-2-5-9-24)19-27(17-23)34-25-10-6-3-7-11-25/h2-11,14-19H,12-13,20H2,1H3. The van der Waals surface area contributed by atoms with Gasteiger partial charge in [0.1, 0.15) is 35.4 Å². The van der Waals surface area contributed by atoms with Crippen LogP contribution in [-0.4, -0.2) is 5.78 Å². The van der Waals surface area contributed by atoms with Gasteiger partial charge in [-0.05, 0) is 73.0 Å². The Morgan fingerprint density at radius 1 is 0.706 bits per heavy atom. The minimum absolute atomic E-state index is 0.0758. The number of hydrogen-bond donors (Lipinski definition) is 0. The van der Waals surface area contributed by atoms with Crippen molar-refractivity contribution in [2.75, 3.05) is 0 Å². The fourth-order valence-corrected chi connectivity index (χ4v) is 3.38. The molecule has 0 bridgehead atoms. The van der Waals surface area contributed by atoms with E-state index in [2.05, 4.69) is 0 Å². The molecule has 0 aliphatic heterocycles. The van der Waals surface area contributed by atoms with Gasteiger partial charge in [0.2, 0.25) is 0 Å². The summed E-state index contributed by atoms with van der Waals surface area (Å²) in [6.07, 6.45) is 0.892. The number of para-hydroxylation sites is 2. The minimum atomic E-state index is -0.460. The van der Waals surface area contributed by atoms with Crippen LogP contribution in [0, 0.1) is 5.82 Å². The molecule has 0 aromatic heterocycles. The van der Waals surface area contributed by atoms with Crippen LogP contribution in [0.15, 0.2) is 97.1 Å². The average Bonchev–Trinajstić information content (AvgIpc) is 2.83. The topological polar surface area (TPSA) is 44.8 Å². The van der Waals surface area contributed by atoms with Gasteiger partial charge >= 0.3 is 0 Å². The number of carbonyl (C=O) groups is 1. The summed E-state index contributed by atoms with van der Waals surface area (Å²) in [5.41, 5.74) is 1.52. The van der Waals surface area contributed by atoms with Gasteiger partial charge in [0.25, 0.3) is 0 Å². The van der Waals surface area contributed by atoms with Crippen molar-refractivity contribution in [3.05, 3.63) is 114 Å². The Morgan fingerprint density at radius 3 is 1.82 bits per heavy atom. The van der Waals surface area contributed by atoms with E-state index in [-0.39, 0.29) is 18.1 Å². The van der Waals surface area contributed by atoms with Gasteiger partial charge in [-0.1, -0.05) is 42.5 Å². The Hall–Kier alpha value is -4.12. The van der Waals surface area contributed by atoms with Crippen molar-refractivity contribution in [1.82, 2.24) is 0 Å². The Morgan fingerprint density at radius 2 is 1.29 bits per heavy atom. The van der Waals surface area contributed by atoms with Crippen molar-refractivity contribution >= 4 is 5.78 Å². The number of ketones is 1. The Bertz CT molecular complexity index is 1180. The van der Waals surface area contributed by atoms with E-state index in [1.54, 1.807) is 18.2 Å². The zero-order valence-electron chi connectivity index (χ0n) is 18.9. The first-order chi connectivity index (χ1) is 16.5. The number of ether oxygens (including phenoxy) is 3. The number of Topliss-reactive ketones (excluding diaryl/α,β-unsaturated/α-hetero) is 1. The molecule has 4 rings (SSSR count). The molecule has 0 fully saturated rings. The molecule has 0 aliphatic rings. The van der Waals surface area contributed by atoms with Crippen LogP contribution in [0.25, 0.3) is 0 Å². The summed E-state index contributed by atoms with van der Waals surface area (Å²) in [7, 11) is 0. The highest BCUT2D eigenvalue weighted by atomic mass is 19.1. The summed E-state index contributed by atoms with van der Waals surface area (Å²) in [5.74, 6) is 2.31. The molecule has 0 saturated carbocycles. The zero-order valence-corrected chi connectivity index (χ0v) is 18.9. The molecule has 0 radical (unpaired) electrons. The van der Waals surface area contributed by atoms with Crippen LogP contribution in [0.4, 0.5) is 4.39 Å². The number of rotatable bonds is 10. The third-order valence-electron chi connectivity index (χ3n) is 5.05. The van der Waals surface area contributed by atoms with Crippen LogP contribution >= 0.6 is 0 Å². The quantitative estimate of drug-likeness (QED) is 0.248. The number of hydrogen-bond acceptors (Lipinski definition) is 4. The van der Waals surface area contributed by atoms with Gasteiger partial charge in [0, 0.05) is 12.5 Å². The molecule has 0 atom stereocenters. The molecule has 5 heteroatoms. The van der Waals surface area contributed by atoms with Gasteiger partial charge in [-0.15, -0.1) is 0 Å². The van der Waals surface area contributed by atoms with Crippen LogP contribution in [0.5, 0.6) is 28.7 Å². The highest BCUT2D eigenvalue weighted by molar-refractivity contribution is 5.75. The molecule has 0 N–H and O–H groups in total. The van der Waals surface area contributed by atoms with Gasteiger partial charge in [-0.3, -0.25) is 0 Å². The van der Waals surface area contributed by atoms with Crippen LogP contribution in [0.2, 0.25) is 0 Å². The van der Waals surface area contributed by atoms with Crippen molar-refractivity contribution in [1.29, 1.82) is 0 Å². The minimum Gasteiger partial charge on any atom is -0.486 e. The second kappa shape index (κ2) is 11.1. The number of halogens is 1. The van der Waals surface area contributed by atoms with Crippen LogP contribution in [-0.2, 0) is 17.8 Å². The van der Waals surface area contributed by atoms with Crippen molar-refractivity contribution < 1.29 is 23.4 Å². The first kappa shape index (κ1) is 23.1. The molecule has 0 aliphatic carbocycles.